The molecule has 106 valence electrons. The predicted octanol–water partition coefficient (Wildman–Crippen LogP) is 1.48. The van der Waals surface area contributed by atoms with Crippen LogP contribution in [0.5, 0.6) is 5.75 Å². The lowest BCUT2D eigenvalue weighted by molar-refractivity contribution is 0.259. The zero-order valence-corrected chi connectivity index (χ0v) is 11.5. The Morgan fingerprint density at radius 1 is 1.10 bits per heavy atom. The zero-order valence-electron chi connectivity index (χ0n) is 11.5. The minimum absolute atomic E-state index is 0.325. The number of hydrogen-bond acceptors (Lipinski definition) is 4. The van der Waals surface area contributed by atoms with Crippen molar-refractivity contribution in [2.75, 3.05) is 37.6 Å². The second-order valence-electron chi connectivity index (χ2n) is 5.13. The molecule has 3 rings (SSSR count). The van der Waals surface area contributed by atoms with Crippen LogP contribution >= 0.6 is 0 Å². The second kappa shape index (κ2) is 5.96. The van der Waals surface area contributed by atoms with Gasteiger partial charge in [-0.05, 0) is 24.3 Å². The summed E-state index contributed by atoms with van der Waals surface area (Å²) in [4.78, 5) is 12.2. The number of anilines is 1. The maximum absolute atomic E-state index is 9.32. The Bertz CT molecular complexity index is 515. The molecule has 0 saturated carbocycles. The van der Waals surface area contributed by atoms with Gasteiger partial charge in [0.15, 0.2) is 0 Å². The lowest BCUT2D eigenvalue weighted by atomic mass is 10.2. The first-order valence-corrected chi connectivity index (χ1v) is 7.06. The van der Waals surface area contributed by atoms with Crippen LogP contribution in [0.4, 0.5) is 5.69 Å². The number of aromatic hydroxyl groups is 1. The first-order chi connectivity index (χ1) is 9.81. The summed E-state index contributed by atoms with van der Waals surface area (Å²) in [6.07, 6.45) is 4.66. The fourth-order valence-corrected chi connectivity index (χ4v) is 2.59. The molecule has 2 aromatic rings. The normalized spacial score (nSPS) is 16.5. The van der Waals surface area contributed by atoms with Gasteiger partial charge >= 0.3 is 0 Å². The van der Waals surface area contributed by atoms with Crippen LogP contribution in [-0.4, -0.2) is 52.7 Å². The number of nitrogens with one attached hydrogen (secondary N) is 1. The van der Waals surface area contributed by atoms with Gasteiger partial charge in [-0.1, -0.05) is 0 Å². The number of phenolic OH excluding ortho intramolecular Hbond substituents is 1. The molecule has 1 saturated heterocycles. The molecule has 1 aliphatic rings. The molecular formula is C15H20N4O. The number of rotatable bonds is 4. The van der Waals surface area contributed by atoms with E-state index >= 15 is 0 Å². The Hall–Kier alpha value is -2.01. The van der Waals surface area contributed by atoms with Crippen LogP contribution < -0.4 is 4.90 Å². The van der Waals surface area contributed by atoms with Gasteiger partial charge in [0.1, 0.15) is 11.6 Å². The van der Waals surface area contributed by atoms with Gasteiger partial charge in [-0.25, -0.2) is 4.98 Å². The molecule has 0 radical (unpaired) electrons. The summed E-state index contributed by atoms with van der Waals surface area (Å²) in [5.74, 6) is 1.39. The van der Waals surface area contributed by atoms with E-state index in [-0.39, 0.29) is 0 Å². The summed E-state index contributed by atoms with van der Waals surface area (Å²) in [5, 5.41) is 9.32. The van der Waals surface area contributed by atoms with Crippen LogP contribution in [0.15, 0.2) is 36.7 Å². The van der Waals surface area contributed by atoms with Crippen LogP contribution in [-0.2, 0) is 6.42 Å². The van der Waals surface area contributed by atoms with E-state index in [4.69, 9.17) is 0 Å². The molecule has 5 nitrogen and oxygen atoms in total. The number of piperazine rings is 1. The average Bonchev–Trinajstić information content (AvgIpc) is 3.00. The van der Waals surface area contributed by atoms with Crippen molar-refractivity contribution in [3.05, 3.63) is 42.5 Å². The molecule has 2 heterocycles. The maximum atomic E-state index is 9.32. The van der Waals surface area contributed by atoms with Gasteiger partial charge < -0.3 is 15.0 Å². The van der Waals surface area contributed by atoms with Gasteiger partial charge in [-0.2, -0.15) is 0 Å². The van der Waals surface area contributed by atoms with E-state index in [1.54, 1.807) is 18.3 Å². The molecule has 5 heteroatoms. The van der Waals surface area contributed by atoms with Crippen molar-refractivity contribution in [3.8, 4) is 5.75 Å². The third-order valence-electron chi connectivity index (χ3n) is 3.81. The van der Waals surface area contributed by atoms with Crippen LogP contribution in [0.2, 0.25) is 0 Å². The third-order valence-corrected chi connectivity index (χ3v) is 3.81. The van der Waals surface area contributed by atoms with Gasteiger partial charge in [0.2, 0.25) is 0 Å². The summed E-state index contributed by atoms with van der Waals surface area (Å²) in [6, 6.07) is 7.46. The lowest BCUT2D eigenvalue weighted by Crippen LogP contribution is -2.47. The molecule has 20 heavy (non-hydrogen) atoms. The van der Waals surface area contributed by atoms with Gasteiger partial charge in [0, 0.05) is 57.2 Å². The van der Waals surface area contributed by atoms with Crippen molar-refractivity contribution in [3.63, 3.8) is 0 Å². The van der Waals surface area contributed by atoms with Gasteiger partial charge in [0.05, 0.1) is 0 Å². The Balaban J connectivity index is 1.48. The highest BCUT2D eigenvalue weighted by molar-refractivity contribution is 5.49. The predicted molar refractivity (Wildman–Crippen MR) is 79.1 cm³/mol. The number of H-pyrrole nitrogens is 1. The monoisotopic (exact) mass is 272 g/mol. The van der Waals surface area contributed by atoms with E-state index in [9.17, 15) is 5.11 Å². The number of benzene rings is 1. The van der Waals surface area contributed by atoms with Gasteiger partial charge in [-0.15, -0.1) is 0 Å². The first kappa shape index (κ1) is 13.0. The molecule has 1 aromatic heterocycles. The summed E-state index contributed by atoms with van der Waals surface area (Å²) >= 11 is 0. The fraction of sp³-hybridized carbons (Fsp3) is 0.400. The van der Waals surface area contributed by atoms with E-state index < -0.39 is 0 Å². The highest BCUT2D eigenvalue weighted by Gasteiger charge is 2.17. The minimum Gasteiger partial charge on any atom is -0.508 e. The Labute approximate surface area is 118 Å². The number of hydrogen-bond donors (Lipinski definition) is 2. The fourth-order valence-electron chi connectivity index (χ4n) is 2.59. The molecule has 1 aromatic carbocycles. The van der Waals surface area contributed by atoms with Crippen molar-refractivity contribution < 1.29 is 5.11 Å². The molecule has 0 atom stereocenters. The summed E-state index contributed by atoms with van der Waals surface area (Å²) in [7, 11) is 0. The largest absolute Gasteiger partial charge is 0.508 e. The standard InChI is InChI=1S/C15H20N4O/c20-14-3-1-13(2-4-14)19-11-9-18(10-12-19)8-5-15-16-6-7-17-15/h1-4,6-7,20H,5,8-12H2,(H,16,17). The molecule has 1 aliphatic heterocycles. The Kier molecular flexibility index (Phi) is 3.87. The average molecular weight is 272 g/mol. The Morgan fingerprint density at radius 3 is 2.50 bits per heavy atom. The van der Waals surface area contributed by atoms with Crippen LogP contribution in [0.25, 0.3) is 0 Å². The van der Waals surface area contributed by atoms with Crippen molar-refractivity contribution in [2.24, 2.45) is 0 Å². The summed E-state index contributed by atoms with van der Waals surface area (Å²) in [5.41, 5.74) is 1.19. The number of aromatic amines is 1. The van der Waals surface area contributed by atoms with E-state index in [1.807, 2.05) is 18.3 Å². The highest BCUT2D eigenvalue weighted by Crippen LogP contribution is 2.19. The van der Waals surface area contributed by atoms with Crippen LogP contribution in [0, 0.1) is 0 Å². The van der Waals surface area contributed by atoms with Crippen molar-refractivity contribution in [2.45, 2.75) is 6.42 Å². The quantitative estimate of drug-likeness (QED) is 0.885. The topological polar surface area (TPSA) is 55.4 Å². The number of imidazole rings is 1. The lowest BCUT2D eigenvalue weighted by Gasteiger charge is -2.36. The van der Waals surface area contributed by atoms with Crippen LogP contribution in [0.1, 0.15) is 5.82 Å². The van der Waals surface area contributed by atoms with Gasteiger partial charge in [0.25, 0.3) is 0 Å². The number of nitrogens with zero attached hydrogens (tertiary/aromatic N) is 3. The van der Waals surface area contributed by atoms with Crippen molar-refractivity contribution in [1.29, 1.82) is 0 Å². The Morgan fingerprint density at radius 2 is 1.85 bits per heavy atom. The molecule has 0 bridgehead atoms. The maximum Gasteiger partial charge on any atom is 0.115 e. The molecule has 2 N–H and O–H groups in total. The number of aromatic nitrogens is 2. The SMILES string of the molecule is Oc1ccc(N2CCN(CCc3ncc[nH]3)CC2)cc1. The van der Waals surface area contributed by atoms with Gasteiger partial charge in [-0.3, -0.25) is 4.90 Å². The van der Waals surface area contributed by atoms with E-state index in [2.05, 4.69) is 19.8 Å². The zero-order chi connectivity index (χ0) is 13.8. The third kappa shape index (κ3) is 3.11. The molecular weight excluding hydrogens is 252 g/mol. The highest BCUT2D eigenvalue weighted by atomic mass is 16.3. The molecule has 1 fully saturated rings. The van der Waals surface area contributed by atoms with Crippen molar-refractivity contribution >= 4 is 5.69 Å². The summed E-state index contributed by atoms with van der Waals surface area (Å²) in [6.45, 7) is 5.26. The summed E-state index contributed by atoms with van der Waals surface area (Å²) < 4.78 is 0. The molecule has 0 unspecified atom stereocenters. The van der Waals surface area contributed by atoms with E-state index in [1.165, 1.54) is 5.69 Å². The molecule has 0 amide bonds. The molecule has 0 spiro atoms. The smallest absolute Gasteiger partial charge is 0.115 e. The minimum atomic E-state index is 0.325. The molecule has 0 aliphatic carbocycles. The van der Waals surface area contributed by atoms with Crippen molar-refractivity contribution in [1.82, 2.24) is 14.9 Å². The number of phenols is 1. The van der Waals surface area contributed by atoms with Crippen LogP contribution in [0.3, 0.4) is 0 Å². The first-order valence-electron chi connectivity index (χ1n) is 7.06. The van der Waals surface area contributed by atoms with E-state index in [0.717, 1.165) is 45.0 Å². The second-order valence-corrected chi connectivity index (χ2v) is 5.13. The van der Waals surface area contributed by atoms with E-state index in [0.29, 0.717) is 5.75 Å².